The largest absolute Gasteiger partial charge is 0.497 e. The number of hydrogen-bond acceptors (Lipinski definition) is 4. The lowest BCUT2D eigenvalue weighted by molar-refractivity contribution is -0.0898. The molecule has 21 heavy (non-hydrogen) atoms. The fourth-order valence-electron chi connectivity index (χ4n) is 3.11. The predicted molar refractivity (Wildman–Crippen MR) is 84.2 cm³/mol. The first-order valence-electron chi connectivity index (χ1n) is 7.74. The highest BCUT2D eigenvalue weighted by molar-refractivity contribution is 5.43. The van der Waals surface area contributed by atoms with Gasteiger partial charge in [-0.3, -0.25) is 0 Å². The van der Waals surface area contributed by atoms with Gasteiger partial charge in [0.15, 0.2) is 0 Å². The molecule has 1 aromatic carbocycles. The summed E-state index contributed by atoms with van der Waals surface area (Å²) in [4.78, 5) is 0. The first-order chi connectivity index (χ1) is 10.1. The van der Waals surface area contributed by atoms with Crippen LogP contribution in [0.15, 0.2) is 18.2 Å². The summed E-state index contributed by atoms with van der Waals surface area (Å²) in [6.45, 7) is 6.01. The van der Waals surface area contributed by atoms with E-state index in [9.17, 15) is 0 Å². The fraction of sp³-hybridized carbons (Fsp3) is 0.647. The second kappa shape index (κ2) is 7.14. The Bertz CT molecular complexity index is 455. The maximum atomic E-state index is 6.15. The summed E-state index contributed by atoms with van der Waals surface area (Å²) in [5.74, 6) is 1.71. The van der Waals surface area contributed by atoms with Gasteiger partial charge in [0, 0.05) is 12.2 Å². The molecular weight excluding hydrogens is 266 g/mol. The summed E-state index contributed by atoms with van der Waals surface area (Å²) in [7, 11) is 3.39. The van der Waals surface area contributed by atoms with Gasteiger partial charge in [-0.2, -0.15) is 0 Å². The molecule has 0 aromatic heterocycles. The summed E-state index contributed by atoms with van der Waals surface area (Å²) in [5.41, 5.74) is 0.886. The summed E-state index contributed by atoms with van der Waals surface area (Å²) in [6, 6.07) is 6.03. The zero-order chi connectivity index (χ0) is 15.3. The molecule has 1 aromatic rings. The van der Waals surface area contributed by atoms with Crippen LogP contribution in [-0.2, 0) is 4.74 Å². The summed E-state index contributed by atoms with van der Waals surface area (Å²) in [5, 5.41) is 3.57. The summed E-state index contributed by atoms with van der Waals surface area (Å²) >= 11 is 0. The molecule has 4 heteroatoms. The molecule has 118 valence electrons. The van der Waals surface area contributed by atoms with Crippen LogP contribution in [0.1, 0.15) is 44.7 Å². The molecule has 1 N–H and O–H groups in total. The fourth-order valence-corrected chi connectivity index (χ4v) is 3.11. The van der Waals surface area contributed by atoms with Crippen molar-refractivity contribution in [2.24, 2.45) is 0 Å². The topological polar surface area (TPSA) is 39.7 Å². The van der Waals surface area contributed by atoms with E-state index in [1.165, 1.54) is 6.42 Å². The Kier molecular flexibility index (Phi) is 5.48. The second-order valence-electron chi connectivity index (χ2n) is 5.72. The van der Waals surface area contributed by atoms with Crippen molar-refractivity contribution in [2.75, 3.05) is 27.4 Å². The third-order valence-electron chi connectivity index (χ3n) is 4.27. The zero-order valence-corrected chi connectivity index (χ0v) is 13.6. The summed E-state index contributed by atoms with van der Waals surface area (Å²) in [6.07, 6.45) is 3.39. The molecule has 2 rings (SSSR count). The van der Waals surface area contributed by atoms with E-state index in [1.54, 1.807) is 14.2 Å². The van der Waals surface area contributed by atoms with Gasteiger partial charge in [-0.05, 0) is 50.9 Å². The van der Waals surface area contributed by atoms with E-state index in [0.717, 1.165) is 43.1 Å². The lowest BCUT2D eigenvalue weighted by Gasteiger charge is -2.41. The van der Waals surface area contributed by atoms with Crippen LogP contribution >= 0.6 is 0 Å². The van der Waals surface area contributed by atoms with Crippen LogP contribution in [0, 0.1) is 0 Å². The molecule has 0 spiro atoms. The Balaban J connectivity index is 2.41. The van der Waals surface area contributed by atoms with Gasteiger partial charge in [0.2, 0.25) is 0 Å². The molecule has 1 saturated heterocycles. The number of methoxy groups -OCH3 is 2. The van der Waals surface area contributed by atoms with Crippen LogP contribution in [0.25, 0.3) is 0 Å². The maximum absolute atomic E-state index is 6.15. The highest BCUT2D eigenvalue weighted by Gasteiger charge is 2.38. The molecule has 0 aliphatic carbocycles. The van der Waals surface area contributed by atoms with E-state index < -0.39 is 0 Å². The van der Waals surface area contributed by atoms with Gasteiger partial charge in [0.1, 0.15) is 11.5 Å². The van der Waals surface area contributed by atoms with Crippen molar-refractivity contribution in [1.29, 1.82) is 0 Å². The zero-order valence-electron chi connectivity index (χ0n) is 13.6. The van der Waals surface area contributed by atoms with E-state index in [4.69, 9.17) is 14.2 Å². The second-order valence-corrected chi connectivity index (χ2v) is 5.72. The number of nitrogens with one attached hydrogen (secondary N) is 1. The van der Waals surface area contributed by atoms with Crippen molar-refractivity contribution < 1.29 is 14.2 Å². The van der Waals surface area contributed by atoms with E-state index in [1.807, 2.05) is 12.1 Å². The van der Waals surface area contributed by atoms with E-state index in [0.29, 0.717) is 0 Å². The molecule has 0 bridgehead atoms. The molecule has 1 aliphatic rings. The molecule has 2 atom stereocenters. The van der Waals surface area contributed by atoms with Crippen molar-refractivity contribution in [3.8, 4) is 11.5 Å². The average molecular weight is 293 g/mol. The quantitative estimate of drug-likeness (QED) is 0.873. The number of likely N-dealkylation sites (N-methyl/N-ethyl adjacent to an activating group) is 1. The van der Waals surface area contributed by atoms with E-state index in [2.05, 4.69) is 25.2 Å². The molecule has 1 heterocycles. The monoisotopic (exact) mass is 293 g/mol. The molecule has 1 aliphatic heterocycles. The van der Waals surface area contributed by atoms with Gasteiger partial charge < -0.3 is 19.5 Å². The van der Waals surface area contributed by atoms with Crippen LogP contribution in [0.4, 0.5) is 0 Å². The molecule has 2 unspecified atom stereocenters. The minimum atomic E-state index is -0.214. The Hall–Kier alpha value is -1.26. The van der Waals surface area contributed by atoms with Crippen LogP contribution < -0.4 is 14.8 Å². The highest BCUT2D eigenvalue weighted by Crippen LogP contribution is 2.41. The van der Waals surface area contributed by atoms with Gasteiger partial charge >= 0.3 is 0 Å². The number of hydrogen-bond donors (Lipinski definition) is 1. The number of rotatable bonds is 6. The van der Waals surface area contributed by atoms with Crippen LogP contribution in [0.5, 0.6) is 11.5 Å². The lowest BCUT2D eigenvalue weighted by Crippen LogP contribution is -2.46. The molecule has 0 radical (unpaired) electrons. The lowest BCUT2D eigenvalue weighted by atomic mass is 9.83. The third kappa shape index (κ3) is 3.50. The van der Waals surface area contributed by atoms with Crippen LogP contribution in [-0.4, -0.2) is 33.0 Å². The number of ether oxygens (including phenoxy) is 3. The maximum Gasteiger partial charge on any atom is 0.124 e. The molecule has 1 fully saturated rings. The predicted octanol–water partition coefficient (Wildman–Crippen LogP) is 3.31. The van der Waals surface area contributed by atoms with Gasteiger partial charge in [0.25, 0.3) is 0 Å². The standard InChI is InChI=1S/C17H27NO3/c1-5-18-16(17(2)10-6-7-11-21-17)14-12-13(19-3)8-9-15(14)20-4/h8-9,12,16,18H,5-7,10-11H2,1-4H3. The van der Waals surface area contributed by atoms with E-state index in [-0.39, 0.29) is 11.6 Å². The SMILES string of the molecule is CCNC(c1cc(OC)ccc1OC)C1(C)CCCCO1. The third-order valence-corrected chi connectivity index (χ3v) is 4.27. The average Bonchev–Trinajstić information content (AvgIpc) is 2.52. The molecular formula is C17H27NO3. The first kappa shape index (κ1) is 16.1. The van der Waals surface area contributed by atoms with E-state index >= 15 is 0 Å². The van der Waals surface area contributed by atoms with Gasteiger partial charge in [-0.25, -0.2) is 0 Å². The molecule has 0 amide bonds. The number of benzene rings is 1. The van der Waals surface area contributed by atoms with Crippen molar-refractivity contribution >= 4 is 0 Å². The van der Waals surface area contributed by atoms with Crippen molar-refractivity contribution in [1.82, 2.24) is 5.32 Å². The Morgan fingerprint density at radius 1 is 1.29 bits per heavy atom. The molecule has 0 saturated carbocycles. The van der Waals surface area contributed by atoms with Crippen molar-refractivity contribution in [2.45, 2.75) is 44.8 Å². The highest BCUT2D eigenvalue weighted by atomic mass is 16.5. The minimum absolute atomic E-state index is 0.0906. The molecule has 4 nitrogen and oxygen atoms in total. The van der Waals surface area contributed by atoms with Crippen molar-refractivity contribution in [3.05, 3.63) is 23.8 Å². The Morgan fingerprint density at radius 2 is 2.10 bits per heavy atom. The Labute approximate surface area is 127 Å². The smallest absolute Gasteiger partial charge is 0.124 e. The summed E-state index contributed by atoms with van der Waals surface area (Å²) < 4.78 is 17.1. The minimum Gasteiger partial charge on any atom is -0.497 e. The van der Waals surface area contributed by atoms with Crippen molar-refractivity contribution in [3.63, 3.8) is 0 Å². The van der Waals surface area contributed by atoms with Gasteiger partial charge in [-0.1, -0.05) is 6.92 Å². The van der Waals surface area contributed by atoms with Crippen LogP contribution in [0.3, 0.4) is 0 Å². The van der Waals surface area contributed by atoms with Gasteiger partial charge in [0.05, 0.1) is 25.9 Å². The normalized spacial score (nSPS) is 23.6. The first-order valence-corrected chi connectivity index (χ1v) is 7.74. The van der Waals surface area contributed by atoms with Gasteiger partial charge in [-0.15, -0.1) is 0 Å². The van der Waals surface area contributed by atoms with Crippen LogP contribution in [0.2, 0.25) is 0 Å². The Morgan fingerprint density at radius 3 is 2.67 bits per heavy atom.